The molecule has 0 unspecified atom stereocenters. The molecule has 0 atom stereocenters. The predicted molar refractivity (Wildman–Crippen MR) is 288 cm³/mol. The van der Waals surface area contributed by atoms with Crippen LogP contribution < -0.4 is 0 Å². The molecule has 0 amide bonds. The zero-order chi connectivity index (χ0) is 45.7. The van der Waals surface area contributed by atoms with Crippen molar-refractivity contribution < 1.29 is 0 Å². The Balaban J connectivity index is 0.946. The van der Waals surface area contributed by atoms with Gasteiger partial charge in [-0.15, -0.1) is 5.73 Å². The molecular formula is C66H43N3. The van der Waals surface area contributed by atoms with Gasteiger partial charge in [-0.25, -0.2) is 0 Å². The van der Waals surface area contributed by atoms with E-state index in [4.69, 9.17) is 0 Å². The van der Waals surface area contributed by atoms with Gasteiger partial charge in [-0.2, -0.15) is 0 Å². The first-order valence-corrected chi connectivity index (χ1v) is 23.5. The van der Waals surface area contributed by atoms with Gasteiger partial charge in [-0.3, -0.25) is 0 Å². The summed E-state index contributed by atoms with van der Waals surface area (Å²) in [6.07, 6.45) is 19.5. The molecular weight excluding hydrogens is 835 g/mol. The van der Waals surface area contributed by atoms with Crippen molar-refractivity contribution in [2.45, 2.75) is 0 Å². The zero-order valence-corrected chi connectivity index (χ0v) is 37.7. The third-order valence-electron chi connectivity index (χ3n) is 13.5. The summed E-state index contributed by atoms with van der Waals surface area (Å²) in [5.74, 6) is 0. The number of nitrogens with zero attached hydrogens (tertiary/aromatic N) is 3. The molecule has 69 heavy (non-hydrogen) atoms. The van der Waals surface area contributed by atoms with Crippen LogP contribution in [0.4, 0.5) is 0 Å². The number of allylic oxidation sites excluding steroid dienone is 9. The summed E-state index contributed by atoms with van der Waals surface area (Å²) < 4.78 is 4.69. The summed E-state index contributed by atoms with van der Waals surface area (Å²) in [5.41, 5.74) is 28.8. The molecule has 3 aliphatic rings. The molecule has 0 saturated heterocycles. The second kappa shape index (κ2) is 16.8. The lowest BCUT2D eigenvalue weighted by molar-refractivity contribution is 0.675. The molecule has 0 radical (unpaired) electrons. The Morgan fingerprint density at radius 2 is 1.09 bits per heavy atom. The molecule has 3 nitrogen and oxygen atoms in total. The highest BCUT2D eigenvalue weighted by Crippen LogP contribution is 2.41. The Morgan fingerprint density at radius 3 is 1.90 bits per heavy atom. The number of pyridine rings is 1. The molecule has 0 fully saturated rings. The standard InChI is InChI=1S/C66H43N3/c1-4-16-48(17-5-1)59-39-37-56-20-12-14-40-67(56)65(59)50-30-26-46(27-31-50)52-34-35-53(47-28-32-51(33-29-47)66-62(49-18-6-2-7-19-49)45-58-23-13-15-41-68(58)66)43-55(42-52)54-36-38-61-60-24-10-11-25-63(60)69(64(61)44-54)57-21-8-3-9-22-57/h1-34,36,38-45H. The van der Waals surface area contributed by atoms with Gasteiger partial charge in [0.25, 0.3) is 0 Å². The summed E-state index contributed by atoms with van der Waals surface area (Å²) in [6.45, 7) is 0. The van der Waals surface area contributed by atoms with E-state index in [1.807, 2.05) is 0 Å². The lowest BCUT2D eigenvalue weighted by atomic mass is 9.93. The first kappa shape index (κ1) is 40.0. The Bertz CT molecular complexity index is 3970. The molecule has 1 aliphatic carbocycles. The van der Waals surface area contributed by atoms with Gasteiger partial charge >= 0.3 is 0 Å². The maximum Gasteiger partial charge on any atom is 0.0886 e. The average Bonchev–Trinajstić information content (AvgIpc) is 3.88. The number of para-hydroxylation sites is 2. The fraction of sp³-hybridized carbons (Fsp3) is 0. The maximum absolute atomic E-state index is 3.79. The van der Waals surface area contributed by atoms with Crippen LogP contribution in [0.2, 0.25) is 0 Å². The number of hydrogen-bond acceptors (Lipinski definition) is 1. The third kappa shape index (κ3) is 7.11. The van der Waals surface area contributed by atoms with Crippen molar-refractivity contribution in [3.8, 4) is 28.1 Å². The smallest absolute Gasteiger partial charge is 0.0886 e. The molecule has 3 aromatic heterocycles. The minimum absolute atomic E-state index is 1.02. The second-order valence-electron chi connectivity index (χ2n) is 17.6. The summed E-state index contributed by atoms with van der Waals surface area (Å²) in [4.78, 5) is 2.25. The van der Waals surface area contributed by atoms with Crippen LogP contribution in [0.25, 0.3) is 83.4 Å². The fourth-order valence-corrected chi connectivity index (χ4v) is 10.2. The normalized spacial score (nSPS) is 14.2. The number of benzene rings is 7. The molecule has 13 rings (SSSR count). The second-order valence-corrected chi connectivity index (χ2v) is 17.6. The van der Waals surface area contributed by atoms with Gasteiger partial charge in [-0.05, 0) is 129 Å². The van der Waals surface area contributed by atoms with Crippen LogP contribution in [0.3, 0.4) is 0 Å². The van der Waals surface area contributed by atoms with Gasteiger partial charge in [0.15, 0.2) is 0 Å². The highest BCUT2D eigenvalue weighted by atomic mass is 15.1. The molecule has 10 aromatic rings. The minimum Gasteiger partial charge on any atom is -0.316 e. The molecule has 322 valence electrons. The van der Waals surface area contributed by atoms with Crippen LogP contribution in [-0.4, -0.2) is 13.9 Å². The van der Waals surface area contributed by atoms with E-state index in [9.17, 15) is 0 Å². The van der Waals surface area contributed by atoms with Gasteiger partial charge in [0.2, 0.25) is 0 Å². The first-order valence-electron chi connectivity index (χ1n) is 23.5. The van der Waals surface area contributed by atoms with Crippen molar-refractivity contribution in [2.75, 3.05) is 0 Å². The van der Waals surface area contributed by atoms with Crippen molar-refractivity contribution in [3.05, 3.63) is 306 Å². The van der Waals surface area contributed by atoms with Crippen LogP contribution in [0.1, 0.15) is 27.8 Å². The lowest BCUT2D eigenvalue weighted by Crippen LogP contribution is -2.18. The largest absolute Gasteiger partial charge is 0.316 e. The van der Waals surface area contributed by atoms with Gasteiger partial charge in [0, 0.05) is 51.1 Å². The van der Waals surface area contributed by atoms with Crippen LogP contribution in [0.5, 0.6) is 0 Å². The number of fused-ring (bicyclic) bond motifs is 5. The molecule has 5 heterocycles. The van der Waals surface area contributed by atoms with Crippen LogP contribution >= 0.6 is 0 Å². The van der Waals surface area contributed by atoms with Crippen molar-refractivity contribution in [1.82, 2.24) is 13.9 Å². The summed E-state index contributed by atoms with van der Waals surface area (Å²) in [6, 6.07) is 74.3. The molecule has 7 aromatic carbocycles. The minimum atomic E-state index is 1.02. The maximum atomic E-state index is 3.79. The van der Waals surface area contributed by atoms with Gasteiger partial charge in [-0.1, -0.05) is 176 Å². The van der Waals surface area contributed by atoms with E-state index < -0.39 is 0 Å². The molecule has 0 saturated carbocycles. The van der Waals surface area contributed by atoms with Gasteiger partial charge in [0.05, 0.1) is 28.1 Å². The van der Waals surface area contributed by atoms with E-state index in [1.165, 1.54) is 44.1 Å². The zero-order valence-electron chi connectivity index (χ0n) is 37.7. The van der Waals surface area contributed by atoms with E-state index in [0.29, 0.717) is 0 Å². The molecule has 0 N–H and O–H groups in total. The SMILES string of the molecule is C1=CC(c2ccc(C3=C(c4ccccc4)C=C=C4C=CC=CN43)cc2)=CC(c2ccc3c4ccccc4n(-c4ccccc4)c3c2)=CC=1c1ccc(-c2c(-c3ccccc3)cc3ccccn23)cc1. The number of hydrogen-bond donors (Lipinski definition) is 0. The van der Waals surface area contributed by atoms with Crippen LogP contribution in [0, 0.1) is 0 Å². The number of rotatable bonds is 8. The first-order chi connectivity index (χ1) is 34.2. The van der Waals surface area contributed by atoms with Crippen molar-refractivity contribution in [1.29, 1.82) is 0 Å². The Hall–Kier alpha value is -9.36. The van der Waals surface area contributed by atoms with Gasteiger partial charge in [0.1, 0.15) is 0 Å². The Kier molecular flexibility index (Phi) is 9.74. The van der Waals surface area contributed by atoms with Crippen molar-refractivity contribution in [3.63, 3.8) is 0 Å². The van der Waals surface area contributed by atoms with E-state index in [2.05, 4.69) is 287 Å². The fourth-order valence-electron chi connectivity index (χ4n) is 10.2. The van der Waals surface area contributed by atoms with Crippen molar-refractivity contribution >= 4 is 55.3 Å². The highest BCUT2D eigenvalue weighted by Gasteiger charge is 2.23. The average molecular weight is 878 g/mol. The van der Waals surface area contributed by atoms with Gasteiger partial charge < -0.3 is 13.9 Å². The number of aromatic nitrogens is 2. The molecule has 2 aliphatic heterocycles. The topological polar surface area (TPSA) is 12.6 Å². The quantitative estimate of drug-likeness (QED) is 0.139. The summed E-state index contributed by atoms with van der Waals surface area (Å²) in [7, 11) is 0. The van der Waals surface area contributed by atoms with E-state index in [-0.39, 0.29) is 0 Å². The Labute approximate surface area is 401 Å². The molecule has 3 heteroatoms. The van der Waals surface area contributed by atoms with Crippen molar-refractivity contribution in [2.24, 2.45) is 0 Å². The lowest BCUT2D eigenvalue weighted by Gasteiger charge is -2.30. The molecule has 0 spiro atoms. The van der Waals surface area contributed by atoms with Crippen LogP contribution in [0.15, 0.2) is 278 Å². The van der Waals surface area contributed by atoms with E-state index in [1.54, 1.807) is 0 Å². The monoisotopic (exact) mass is 877 g/mol. The predicted octanol–water partition coefficient (Wildman–Crippen LogP) is 16.4. The Morgan fingerprint density at radius 1 is 0.420 bits per heavy atom. The van der Waals surface area contributed by atoms with E-state index >= 15 is 0 Å². The third-order valence-corrected chi connectivity index (χ3v) is 13.5. The highest BCUT2D eigenvalue weighted by molar-refractivity contribution is 6.10. The summed E-state index contributed by atoms with van der Waals surface area (Å²) in [5, 5.41) is 2.46. The van der Waals surface area contributed by atoms with E-state index in [0.717, 1.165) is 72.8 Å². The molecule has 0 bridgehead atoms. The van der Waals surface area contributed by atoms with Crippen LogP contribution in [-0.2, 0) is 0 Å². The summed E-state index contributed by atoms with van der Waals surface area (Å²) >= 11 is 0.